The van der Waals surface area contributed by atoms with Crippen molar-refractivity contribution in [2.75, 3.05) is 6.61 Å². The molecule has 0 fully saturated rings. The number of benzene rings is 1. The third-order valence-corrected chi connectivity index (χ3v) is 3.71. The SMILES string of the molecule is CCOc1oc(-c2ccc(Cl)cc2)nc1CC(=O)OCc1cccnc1. The number of hydrogen-bond acceptors (Lipinski definition) is 6. The van der Waals surface area contributed by atoms with E-state index in [1.165, 1.54) is 0 Å². The summed E-state index contributed by atoms with van der Waals surface area (Å²) in [6, 6.07) is 10.7. The van der Waals surface area contributed by atoms with Crippen LogP contribution in [0, 0.1) is 0 Å². The summed E-state index contributed by atoms with van der Waals surface area (Å²) in [5.74, 6) is 0.154. The Morgan fingerprint density at radius 3 is 2.73 bits per heavy atom. The van der Waals surface area contributed by atoms with Gasteiger partial charge in [0, 0.05) is 28.5 Å². The van der Waals surface area contributed by atoms with Crippen molar-refractivity contribution in [1.82, 2.24) is 9.97 Å². The van der Waals surface area contributed by atoms with E-state index < -0.39 is 5.97 Å². The lowest BCUT2D eigenvalue weighted by atomic mass is 10.2. The van der Waals surface area contributed by atoms with Crippen molar-refractivity contribution in [3.8, 4) is 17.4 Å². The lowest BCUT2D eigenvalue weighted by molar-refractivity contribution is -0.144. The average Bonchev–Trinajstić information content (AvgIpc) is 3.04. The van der Waals surface area contributed by atoms with E-state index in [0.717, 1.165) is 11.1 Å². The summed E-state index contributed by atoms with van der Waals surface area (Å²) in [6.45, 7) is 2.38. The molecule has 0 aliphatic rings. The summed E-state index contributed by atoms with van der Waals surface area (Å²) in [6.07, 6.45) is 3.26. The largest absolute Gasteiger partial charge is 0.464 e. The van der Waals surface area contributed by atoms with E-state index in [0.29, 0.717) is 23.2 Å². The number of aromatic nitrogens is 2. The van der Waals surface area contributed by atoms with Crippen LogP contribution in [0.15, 0.2) is 53.2 Å². The summed E-state index contributed by atoms with van der Waals surface area (Å²) in [5, 5.41) is 0.615. The molecule has 7 heteroatoms. The quantitative estimate of drug-likeness (QED) is 0.582. The van der Waals surface area contributed by atoms with E-state index in [2.05, 4.69) is 9.97 Å². The minimum absolute atomic E-state index is 0.0489. The number of halogens is 1. The molecule has 0 saturated heterocycles. The van der Waals surface area contributed by atoms with Gasteiger partial charge < -0.3 is 13.9 Å². The molecular weight excluding hydrogens is 356 g/mol. The molecule has 26 heavy (non-hydrogen) atoms. The summed E-state index contributed by atoms with van der Waals surface area (Å²) < 4.78 is 16.4. The number of rotatable bonds is 7. The van der Waals surface area contributed by atoms with E-state index in [9.17, 15) is 4.79 Å². The van der Waals surface area contributed by atoms with Crippen LogP contribution >= 0.6 is 11.6 Å². The lowest BCUT2D eigenvalue weighted by Crippen LogP contribution is -2.09. The number of carbonyl (C=O) groups is 1. The monoisotopic (exact) mass is 372 g/mol. The van der Waals surface area contributed by atoms with Gasteiger partial charge in [0.1, 0.15) is 12.3 Å². The average molecular weight is 373 g/mol. The van der Waals surface area contributed by atoms with E-state index >= 15 is 0 Å². The highest BCUT2D eigenvalue weighted by molar-refractivity contribution is 6.30. The Bertz CT molecular complexity index is 863. The summed E-state index contributed by atoms with van der Waals surface area (Å²) in [7, 11) is 0. The second-order valence-electron chi connectivity index (χ2n) is 5.39. The fourth-order valence-corrected chi connectivity index (χ4v) is 2.37. The smallest absolute Gasteiger partial charge is 0.312 e. The van der Waals surface area contributed by atoms with Crippen molar-refractivity contribution in [2.45, 2.75) is 20.0 Å². The normalized spacial score (nSPS) is 10.5. The Morgan fingerprint density at radius 2 is 2.04 bits per heavy atom. The van der Waals surface area contributed by atoms with Crippen molar-refractivity contribution < 1.29 is 18.7 Å². The molecule has 134 valence electrons. The molecule has 0 saturated carbocycles. The maximum atomic E-state index is 12.1. The van der Waals surface area contributed by atoms with Gasteiger partial charge in [-0.3, -0.25) is 9.78 Å². The fraction of sp³-hybridized carbons (Fsp3) is 0.211. The van der Waals surface area contributed by atoms with Crippen LogP contribution in [-0.4, -0.2) is 22.5 Å². The van der Waals surface area contributed by atoms with Gasteiger partial charge in [0.2, 0.25) is 5.89 Å². The Labute approximate surface area is 155 Å². The molecule has 3 aromatic rings. The van der Waals surface area contributed by atoms with Crippen LogP contribution in [0.3, 0.4) is 0 Å². The van der Waals surface area contributed by atoms with Gasteiger partial charge in [-0.05, 0) is 37.3 Å². The minimum Gasteiger partial charge on any atom is -0.464 e. The zero-order valence-electron chi connectivity index (χ0n) is 14.1. The number of oxazole rings is 1. The van der Waals surface area contributed by atoms with Crippen molar-refractivity contribution in [2.24, 2.45) is 0 Å². The Balaban J connectivity index is 1.71. The van der Waals surface area contributed by atoms with Crippen molar-refractivity contribution in [3.05, 3.63) is 65.1 Å². The zero-order valence-corrected chi connectivity index (χ0v) is 14.9. The first-order valence-electron chi connectivity index (χ1n) is 8.08. The van der Waals surface area contributed by atoms with Crippen LogP contribution in [-0.2, 0) is 22.6 Å². The molecule has 2 heterocycles. The molecule has 0 atom stereocenters. The minimum atomic E-state index is -0.425. The van der Waals surface area contributed by atoms with E-state index in [1.54, 1.807) is 42.7 Å². The molecule has 0 amide bonds. The first kappa shape index (κ1) is 17.9. The second kappa shape index (κ2) is 8.49. The van der Waals surface area contributed by atoms with Crippen LogP contribution in [0.1, 0.15) is 18.2 Å². The number of nitrogens with zero attached hydrogens (tertiary/aromatic N) is 2. The van der Waals surface area contributed by atoms with Crippen LogP contribution in [0.25, 0.3) is 11.5 Å². The summed E-state index contributed by atoms with van der Waals surface area (Å²) in [5.41, 5.74) is 1.95. The molecule has 2 aromatic heterocycles. The molecule has 3 rings (SSSR count). The number of esters is 1. The molecule has 0 bridgehead atoms. The highest BCUT2D eigenvalue weighted by Gasteiger charge is 2.19. The molecule has 0 aliphatic heterocycles. The lowest BCUT2D eigenvalue weighted by Gasteiger charge is -2.04. The molecule has 6 nitrogen and oxygen atoms in total. The third kappa shape index (κ3) is 4.61. The molecule has 0 spiro atoms. The zero-order chi connectivity index (χ0) is 18.4. The Kier molecular flexibility index (Phi) is 5.86. The van der Waals surface area contributed by atoms with E-state index in [1.807, 2.05) is 13.0 Å². The maximum Gasteiger partial charge on any atom is 0.312 e. The van der Waals surface area contributed by atoms with Crippen LogP contribution in [0.4, 0.5) is 0 Å². The Morgan fingerprint density at radius 1 is 1.23 bits per heavy atom. The number of ether oxygens (including phenoxy) is 2. The highest BCUT2D eigenvalue weighted by atomic mass is 35.5. The van der Waals surface area contributed by atoms with Crippen molar-refractivity contribution in [3.63, 3.8) is 0 Å². The van der Waals surface area contributed by atoms with Crippen LogP contribution < -0.4 is 4.74 Å². The van der Waals surface area contributed by atoms with Gasteiger partial charge in [0.05, 0.1) is 13.0 Å². The summed E-state index contributed by atoms with van der Waals surface area (Å²) in [4.78, 5) is 20.5. The Hall–Kier alpha value is -2.86. The van der Waals surface area contributed by atoms with Gasteiger partial charge in [-0.15, -0.1) is 0 Å². The highest BCUT2D eigenvalue weighted by Crippen LogP contribution is 2.28. The van der Waals surface area contributed by atoms with Crippen molar-refractivity contribution in [1.29, 1.82) is 0 Å². The number of hydrogen-bond donors (Lipinski definition) is 0. The van der Waals surface area contributed by atoms with E-state index in [-0.39, 0.29) is 19.0 Å². The van der Waals surface area contributed by atoms with Gasteiger partial charge in [0.15, 0.2) is 0 Å². The topological polar surface area (TPSA) is 74.5 Å². The fourth-order valence-electron chi connectivity index (χ4n) is 2.24. The third-order valence-electron chi connectivity index (χ3n) is 3.46. The van der Waals surface area contributed by atoms with Gasteiger partial charge in [-0.25, -0.2) is 4.98 Å². The van der Waals surface area contributed by atoms with Gasteiger partial charge in [0.25, 0.3) is 0 Å². The van der Waals surface area contributed by atoms with Crippen LogP contribution in [0.5, 0.6) is 5.95 Å². The molecule has 0 unspecified atom stereocenters. The molecular formula is C19H17ClN2O4. The van der Waals surface area contributed by atoms with Crippen LogP contribution in [0.2, 0.25) is 5.02 Å². The first-order valence-corrected chi connectivity index (χ1v) is 8.46. The predicted molar refractivity (Wildman–Crippen MR) is 95.9 cm³/mol. The van der Waals surface area contributed by atoms with E-state index in [4.69, 9.17) is 25.5 Å². The molecule has 0 radical (unpaired) electrons. The second-order valence-corrected chi connectivity index (χ2v) is 5.83. The molecule has 1 aromatic carbocycles. The summed E-state index contributed by atoms with van der Waals surface area (Å²) >= 11 is 5.90. The van der Waals surface area contributed by atoms with Gasteiger partial charge in [-0.2, -0.15) is 0 Å². The number of carbonyl (C=O) groups excluding carboxylic acids is 1. The number of pyridine rings is 1. The standard InChI is InChI=1S/C19H17ClN2O4/c1-2-24-19-16(10-17(23)25-12-13-4-3-9-21-11-13)22-18(26-19)14-5-7-15(20)8-6-14/h3-9,11H,2,10,12H2,1H3. The van der Waals surface area contributed by atoms with Gasteiger partial charge >= 0.3 is 11.9 Å². The van der Waals surface area contributed by atoms with Crippen molar-refractivity contribution >= 4 is 17.6 Å². The molecule has 0 aliphatic carbocycles. The predicted octanol–water partition coefficient (Wildman–Crippen LogP) is 4.07. The first-order chi connectivity index (χ1) is 12.7. The van der Waals surface area contributed by atoms with Gasteiger partial charge in [-0.1, -0.05) is 17.7 Å². The molecule has 0 N–H and O–H groups in total. The maximum absolute atomic E-state index is 12.1.